The van der Waals surface area contributed by atoms with E-state index in [0.29, 0.717) is 13.2 Å². The van der Waals surface area contributed by atoms with Crippen LogP contribution in [-0.2, 0) is 21.8 Å². The molecule has 0 amide bonds. The fourth-order valence-corrected chi connectivity index (χ4v) is 3.86. The number of nitrogens with zero attached hydrogens (tertiary/aromatic N) is 4. The van der Waals surface area contributed by atoms with Crippen LogP contribution in [-0.4, -0.2) is 54.2 Å². The summed E-state index contributed by atoms with van der Waals surface area (Å²) in [5.41, 5.74) is 1.61. The maximum atomic E-state index is 12.7. The highest BCUT2D eigenvalue weighted by atomic mass is 32.2. The molecule has 0 bridgehead atoms. The monoisotopic (exact) mass is 337 g/mol. The summed E-state index contributed by atoms with van der Waals surface area (Å²) in [4.78, 5) is 4.53. The van der Waals surface area contributed by atoms with Crippen LogP contribution in [0.1, 0.15) is 11.8 Å². The Labute approximate surface area is 135 Å². The van der Waals surface area contributed by atoms with E-state index in [1.54, 1.807) is 13.2 Å². The minimum absolute atomic E-state index is 0.194. The van der Waals surface area contributed by atoms with Gasteiger partial charge in [-0.2, -0.15) is 9.40 Å². The molecule has 0 aliphatic carbocycles. The fourth-order valence-electron chi connectivity index (χ4n) is 2.45. The third kappa shape index (κ3) is 3.21. The molecule has 2 aromatic rings. The summed E-state index contributed by atoms with van der Waals surface area (Å²) < 4.78 is 33.9. The molecule has 1 fully saturated rings. The van der Waals surface area contributed by atoms with Crippen LogP contribution in [0.4, 0.5) is 5.69 Å². The molecule has 0 unspecified atom stereocenters. The molecule has 0 spiro atoms. The van der Waals surface area contributed by atoms with Crippen molar-refractivity contribution in [2.45, 2.75) is 11.0 Å². The molecule has 2 aromatic heterocycles. The molecule has 9 heteroatoms. The quantitative estimate of drug-likeness (QED) is 0.880. The molecule has 1 saturated heterocycles. The second kappa shape index (κ2) is 6.26. The van der Waals surface area contributed by atoms with Gasteiger partial charge in [-0.05, 0) is 12.1 Å². The molecule has 3 heterocycles. The van der Waals surface area contributed by atoms with Crippen molar-refractivity contribution < 1.29 is 13.2 Å². The van der Waals surface area contributed by atoms with Gasteiger partial charge in [0, 0.05) is 33.4 Å². The van der Waals surface area contributed by atoms with Crippen LogP contribution in [0.15, 0.2) is 35.6 Å². The van der Waals surface area contributed by atoms with E-state index in [0.717, 1.165) is 11.4 Å². The van der Waals surface area contributed by atoms with Gasteiger partial charge in [0.2, 0.25) is 10.0 Å². The zero-order chi connectivity index (χ0) is 16.4. The molecule has 124 valence electrons. The highest BCUT2D eigenvalue weighted by Crippen LogP contribution is 2.25. The minimum atomic E-state index is -3.57. The van der Waals surface area contributed by atoms with Crippen molar-refractivity contribution in [1.82, 2.24) is 19.1 Å². The van der Waals surface area contributed by atoms with Gasteiger partial charge < -0.3 is 10.1 Å². The number of rotatable bonds is 4. The SMILES string of the molecule is CNc1ccc([C@@H]2CN(S(=O)(=O)c3cnn(C)c3)CCO2)nc1. The second-order valence-corrected chi connectivity index (χ2v) is 7.23. The molecule has 1 N–H and O–H groups in total. The van der Waals surface area contributed by atoms with E-state index < -0.39 is 10.0 Å². The Hall–Kier alpha value is -1.97. The highest BCUT2D eigenvalue weighted by Gasteiger charge is 2.32. The van der Waals surface area contributed by atoms with Crippen molar-refractivity contribution in [2.24, 2.45) is 7.05 Å². The number of hydrogen-bond acceptors (Lipinski definition) is 6. The Bertz CT molecular complexity index is 772. The smallest absolute Gasteiger partial charge is 0.246 e. The zero-order valence-corrected chi connectivity index (χ0v) is 13.8. The van der Waals surface area contributed by atoms with Crippen LogP contribution in [0.25, 0.3) is 0 Å². The van der Waals surface area contributed by atoms with Gasteiger partial charge >= 0.3 is 0 Å². The largest absolute Gasteiger partial charge is 0.387 e. The van der Waals surface area contributed by atoms with E-state index >= 15 is 0 Å². The van der Waals surface area contributed by atoms with Crippen LogP contribution < -0.4 is 5.32 Å². The maximum absolute atomic E-state index is 12.7. The number of anilines is 1. The summed E-state index contributed by atoms with van der Waals surface area (Å²) in [7, 11) is -0.0607. The van der Waals surface area contributed by atoms with E-state index in [1.165, 1.54) is 21.4 Å². The number of sulfonamides is 1. The van der Waals surface area contributed by atoms with Crippen molar-refractivity contribution in [3.8, 4) is 0 Å². The normalized spacial score (nSPS) is 19.7. The number of pyridine rings is 1. The van der Waals surface area contributed by atoms with E-state index in [2.05, 4.69) is 15.4 Å². The number of ether oxygens (including phenoxy) is 1. The van der Waals surface area contributed by atoms with Crippen molar-refractivity contribution in [1.29, 1.82) is 0 Å². The van der Waals surface area contributed by atoms with Crippen LogP contribution in [0.5, 0.6) is 0 Å². The molecule has 0 saturated carbocycles. The lowest BCUT2D eigenvalue weighted by molar-refractivity contribution is -0.00492. The van der Waals surface area contributed by atoms with E-state index in [1.807, 2.05) is 19.2 Å². The predicted octanol–water partition coefficient (Wildman–Crippen LogP) is 0.619. The standard InChI is InChI=1S/C14H19N5O3S/c1-15-11-3-4-13(16-7-11)14-10-19(5-6-22-14)23(20,21)12-8-17-18(2)9-12/h3-4,7-9,14-15H,5-6,10H2,1-2H3/t14-/m0/s1. The fraction of sp³-hybridized carbons (Fsp3) is 0.429. The molecular formula is C14H19N5O3S. The first-order valence-corrected chi connectivity index (χ1v) is 8.69. The molecular weight excluding hydrogens is 318 g/mol. The average molecular weight is 337 g/mol. The Kier molecular flexibility index (Phi) is 4.33. The number of nitrogens with one attached hydrogen (secondary N) is 1. The van der Waals surface area contributed by atoms with Crippen LogP contribution >= 0.6 is 0 Å². The Morgan fingerprint density at radius 1 is 1.35 bits per heavy atom. The average Bonchev–Trinajstić information content (AvgIpc) is 3.02. The lowest BCUT2D eigenvalue weighted by Crippen LogP contribution is -2.42. The summed E-state index contributed by atoms with van der Waals surface area (Å²) in [6.07, 6.45) is 4.19. The predicted molar refractivity (Wildman–Crippen MR) is 84.4 cm³/mol. The summed E-state index contributed by atoms with van der Waals surface area (Å²) >= 11 is 0. The van der Waals surface area contributed by atoms with E-state index in [-0.39, 0.29) is 17.5 Å². The van der Waals surface area contributed by atoms with Crippen molar-refractivity contribution >= 4 is 15.7 Å². The Morgan fingerprint density at radius 3 is 2.78 bits per heavy atom. The topological polar surface area (TPSA) is 89.4 Å². The van der Waals surface area contributed by atoms with E-state index in [9.17, 15) is 8.42 Å². The number of morpholine rings is 1. The molecule has 1 atom stereocenters. The third-order valence-corrected chi connectivity index (χ3v) is 5.57. The van der Waals surface area contributed by atoms with Gasteiger partial charge in [-0.15, -0.1) is 0 Å². The van der Waals surface area contributed by atoms with Crippen molar-refractivity contribution in [3.05, 3.63) is 36.4 Å². The van der Waals surface area contributed by atoms with E-state index in [4.69, 9.17) is 4.74 Å². The molecule has 0 aromatic carbocycles. The first-order valence-electron chi connectivity index (χ1n) is 7.25. The Balaban J connectivity index is 1.80. The molecule has 23 heavy (non-hydrogen) atoms. The maximum Gasteiger partial charge on any atom is 0.246 e. The minimum Gasteiger partial charge on any atom is -0.387 e. The van der Waals surface area contributed by atoms with Gasteiger partial charge in [0.05, 0.1) is 30.4 Å². The van der Waals surface area contributed by atoms with Crippen molar-refractivity contribution in [3.63, 3.8) is 0 Å². The third-order valence-electron chi connectivity index (χ3n) is 3.75. The van der Waals surface area contributed by atoms with Gasteiger partial charge in [-0.25, -0.2) is 8.42 Å². The summed E-state index contributed by atoms with van der Waals surface area (Å²) in [6, 6.07) is 3.73. The first-order chi connectivity index (χ1) is 11.0. The first kappa shape index (κ1) is 15.9. The highest BCUT2D eigenvalue weighted by molar-refractivity contribution is 7.89. The lowest BCUT2D eigenvalue weighted by atomic mass is 10.2. The summed E-state index contributed by atoms with van der Waals surface area (Å²) in [5.74, 6) is 0. The Morgan fingerprint density at radius 2 is 2.17 bits per heavy atom. The molecule has 1 aliphatic heterocycles. The van der Waals surface area contributed by atoms with Crippen LogP contribution in [0.2, 0.25) is 0 Å². The number of hydrogen-bond donors (Lipinski definition) is 1. The van der Waals surface area contributed by atoms with Gasteiger partial charge in [0.1, 0.15) is 11.0 Å². The molecule has 8 nitrogen and oxygen atoms in total. The molecule has 0 radical (unpaired) electrons. The summed E-state index contributed by atoms with van der Waals surface area (Å²) in [6.45, 7) is 0.894. The summed E-state index contributed by atoms with van der Waals surface area (Å²) in [5, 5.41) is 6.93. The van der Waals surface area contributed by atoms with Gasteiger partial charge in [0.25, 0.3) is 0 Å². The second-order valence-electron chi connectivity index (χ2n) is 5.29. The van der Waals surface area contributed by atoms with Gasteiger partial charge in [-0.3, -0.25) is 9.67 Å². The van der Waals surface area contributed by atoms with Crippen LogP contribution in [0.3, 0.4) is 0 Å². The molecule has 3 rings (SSSR count). The number of aryl methyl sites for hydroxylation is 1. The van der Waals surface area contributed by atoms with Crippen LogP contribution in [0, 0.1) is 0 Å². The van der Waals surface area contributed by atoms with Gasteiger partial charge in [-0.1, -0.05) is 0 Å². The van der Waals surface area contributed by atoms with Gasteiger partial charge in [0.15, 0.2) is 0 Å². The number of aromatic nitrogens is 3. The van der Waals surface area contributed by atoms with Crippen molar-refractivity contribution in [2.75, 3.05) is 32.1 Å². The molecule has 1 aliphatic rings. The lowest BCUT2D eigenvalue weighted by Gasteiger charge is -2.31. The zero-order valence-electron chi connectivity index (χ0n) is 13.0.